The summed E-state index contributed by atoms with van der Waals surface area (Å²) in [6, 6.07) is 2.47. The van der Waals surface area contributed by atoms with Gasteiger partial charge in [-0.3, -0.25) is 0 Å². The summed E-state index contributed by atoms with van der Waals surface area (Å²) in [5, 5.41) is 6.95. The first-order chi connectivity index (χ1) is 8.15. The number of hydrogen-bond donors (Lipinski definition) is 2. The topological polar surface area (TPSA) is 49.8 Å². The lowest BCUT2D eigenvalue weighted by Crippen LogP contribution is -2.39. The molecule has 94 valence electrons. The first kappa shape index (κ1) is 12.3. The van der Waals surface area contributed by atoms with Crippen molar-refractivity contribution in [3.63, 3.8) is 0 Å². The standard InChI is InChI=1S/C13H22N4/c1-9-7-13(17-11(3)15-9)16-10(2)12-5-4-6-14-8-12/h7,10,12,14H,4-6,8H2,1-3H3,(H,15,16,17). The third-order valence-electron chi connectivity index (χ3n) is 3.38. The van der Waals surface area contributed by atoms with Crippen molar-refractivity contribution in [2.24, 2.45) is 5.92 Å². The van der Waals surface area contributed by atoms with E-state index in [9.17, 15) is 0 Å². The summed E-state index contributed by atoms with van der Waals surface area (Å²) in [6.07, 6.45) is 2.57. The van der Waals surface area contributed by atoms with Gasteiger partial charge in [-0.25, -0.2) is 9.97 Å². The summed E-state index contributed by atoms with van der Waals surface area (Å²) < 4.78 is 0. The maximum Gasteiger partial charge on any atom is 0.130 e. The molecule has 2 unspecified atom stereocenters. The number of rotatable bonds is 3. The average Bonchev–Trinajstić information content (AvgIpc) is 2.28. The van der Waals surface area contributed by atoms with E-state index in [-0.39, 0.29) is 0 Å². The fourth-order valence-corrected chi connectivity index (χ4v) is 2.45. The van der Waals surface area contributed by atoms with Gasteiger partial charge in [0.05, 0.1) is 0 Å². The molecule has 1 aliphatic heterocycles. The zero-order valence-electron chi connectivity index (χ0n) is 11.0. The minimum absolute atomic E-state index is 0.455. The molecule has 0 radical (unpaired) electrons. The highest BCUT2D eigenvalue weighted by Crippen LogP contribution is 2.18. The second-order valence-corrected chi connectivity index (χ2v) is 4.98. The van der Waals surface area contributed by atoms with E-state index in [0.717, 1.165) is 30.4 Å². The van der Waals surface area contributed by atoms with Crippen molar-refractivity contribution in [1.82, 2.24) is 15.3 Å². The van der Waals surface area contributed by atoms with Crippen LogP contribution in [0.3, 0.4) is 0 Å². The largest absolute Gasteiger partial charge is 0.367 e. The van der Waals surface area contributed by atoms with E-state index in [1.807, 2.05) is 19.9 Å². The number of hydrogen-bond acceptors (Lipinski definition) is 4. The minimum atomic E-state index is 0.455. The number of aromatic nitrogens is 2. The minimum Gasteiger partial charge on any atom is -0.367 e. The van der Waals surface area contributed by atoms with Gasteiger partial charge in [0.25, 0.3) is 0 Å². The van der Waals surface area contributed by atoms with Crippen molar-refractivity contribution >= 4 is 5.82 Å². The van der Waals surface area contributed by atoms with Crippen LogP contribution in [0, 0.1) is 19.8 Å². The lowest BCUT2D eigenvalue weighted by molar-refractivity contribution is 0.346. The van der Waals surface area contributed by atoms with Gasteiger partial charge in [-0.2, -0.15) is 0 Å². The zero-order chi connectivity index (χ0) is 12.3. The van der Waals surface area contributed by atoms with Gasteiger partial charge in [-0.15, -0.1) is 0 Å². The molecule has 0 aromatic carbocycles. The van der Waals surface area contributed by atoms with Gasteiger partial charge in [0, 0.05) is 17.8 Å². The Kier molecular flexibility index (Phi) is 3.94. The molecule has 2 rings (SSSR count). The number of nitrogens with zero attached hydrogens (tertiary/aromatic N) is 2. The van der Waals surface area contributed by atoms with E-state index in [4.69, 9.17) is 0 Å². The molecule has 1 fully saturated rings. The van der Waals surface area contributed by atoms with Gasteiger partial charge in [0.2, 0.25) is 0 Å². The molecule has 2 atom stereocenters. The van der Waals surface area contributed by atoms with E-state index in [1.165, 1.54) is 12.8 Å². The molecule has 1 aromatic rings. The third kappa shape index (κ3) is 3.40. The van der Waals surface area contributed by atoms with Gasteiger partial charge in [-0.05, 0) is 52.6 Å². The van der Waals surface area contributed by atoms with Crippen molar-refractivity contribution < 1.29 is 0 Å². The third-order valence-corrected chi connectivity index (χ3v) is 3.38. The number of piperidine rings is 1. The van der Waals surface area contributed by atoms with Gasteiger partial charge < -0.3 is 10.6 Å². The van der Waals surface area contributed by atoms with E-state index >= 15 is 0 Å². The smallest absolute Gasteiger partial charge is 0.130 e. The lowest BCUT2D eigenvalue weighted by atomic mass is 9.93. The molecule has 0 spiro atoms. The Morgan fingerprint density at radius 2 is 2.24 bits per heavy atom. The Labute approximate surface area is 103 Å². The second-order valence-electron chi connectivity index (χ2n) is 4.98. The first-order valence-corrected chi connectivity index (χ1v) is 6.44. The van der Waals surface area contributed by atoms with Gasteiger partial charge in [-0.1, -0.05) is 0 Å². The van der Waals surface area contributed by atoms with Crippen LogP contribution in [0.4, 0.5) is 5.82 Å². The van der Waals surface area contributed by atoms with E-state index in [2.05, 4.69) is 27.5 Å². The Morgan fingerprint density at radius 1 is 1.41 bits per heavy atom. The fourth-order valence-electron chi connectivity index (χ4n) is 2.45. The van der Waals surface area contributed by atoms with Crippen LogP contribution >= 0.6 is 0 Å². The molecule has 1 saturated heterocycles. The number of nitrogens with one attached hydrogen (secondary N) is 2. The highest BCUT2D eigenvalue weighted by atomic mass is 15.1. The molecule has 2 N–H and O–H groups in total. The quantitative estimate of drug-likeness (QED) is 0.838. The SMILES string of the molecule is Cc1cc(NC(C)C2CCCNC2)nc(C)n1. The maximum absolute atomic E-state index is 4.43. The summed E-state index contributed by atoms with van der Waals surface area (Å²) >= 11 is 0. The van der Waals surface area contributed by atoms with Crippen LogP contribution in [-0.4, -0.2) is 29.1 Å². The summed E-state index contributed by atoms with van der Waals surface area (Å²) in [6.45, 7) is 8.45. The van der Waals surface area contributed by atoms with Crippen LogP contribution < -0.4 is 10.6 Å². The van der Waals surface area contributed by atoms with E-state index in [0.29, 0.717) is 12.0 Å². The van der Waals surface area contributed by atoms with Crippen LogP contribution in [0.1, 0.15) is 31.3 Å². The molecule has 0 bridgehead atoms. The molecule has 4 heteroatoms. The van der Waals surface area contributed by atoms with Gasteiger partial charge in [0.15, 0.2) is 0 Å². The Hall–Kier alpha value is -1.16. The Bertz CT molecular complexity index is 351. The van der Waals surface area contributed by atoms with Crippen molar-refractivity contribution in [3.05, 3.63) is 17.6 Å². The molecule has 1 aromatic heterocycles. The summed E-state index contributed by atoms with van der Waals surface area (Å²) in [7, 11) is 0. The molecule has 4 nitrogen and oxygen atoms in total. The predicted octanol–water partition coefficient (Wildman–Crippen LogP) is 1.89. The van der Waals surface area contributed by atoms with Crippen LogP contribution in [0.25, 0.3) is 0 Å². The summed E-state index contributed by atoms with van der Waals surface area (Å²) in [5.41, 5.74) is 1.02. The molecule has 17 heavy (non-hydrogen) atoms. The van der Waals surface area contributed by atoms with E-state index in [1.54, 1.807) is 0 Å². The predicted molar refractivity (Wildman–Crippen MR) is 70.2 cm³/mol. The second kappa shape index (κ2) is 5.45. The molecule has 2 heterocycles. The van der Waals surface area contributed by atoms with Crippen molar-refractivity contribution in [2.45, 2.75) is 39.7 Å². The highest BCUT2D eigenvalue weighted by Gasteiger charge is 2.19. The lowest BCUT2D eigenvalue weighted by Gasteiger charge is -2.29. The number of anilines is 1. The highest BCUT2D eigenvalue weighted by molar-refractivity contribution is 5.36. The molecule has 0 saturated carbocycles. The molecular formula is C13H22N4. The van der Waals surface area contributed by atoms with Crippen LogP contribution in [-0.2, 0) is 0 Å². The molecule has 0 amide bonds. The monoisotopic (exact) mass is 234 g/mol. The van der Waals surface area contributed by atoms with Crippen molar-refractivity contribution in [3.8, 4) is 0 Å². The normalized spacial score (nSPS) is 22.2. The van der Waals surface area contributed by atoms with Crippen LogP contribution in [0.2, 0.25) is 0 Å². The Morgan fingerprint density at radius 3 is 2.88 bits per heavy atom. The fraction of sp³-hybridized carbons (Fsp3) is 0.692. The van der Waals surface area contributed by atoms with Gasteiger partial charge >= 0.3 is 0 Å². The van der Waals surface area contributed by atoms with Crippen LogP contribution in [0.15, 0.2) is 6.07 Å². The maximum atomic E-state index is 4.43. The van der Waals surface area contributed by atoms with Crippen LogP contribution in [0.5, 0.6) is 0 Å². The number of aryl methyl sites for hydroxylation is 2. The summed E-state index contributed by atoms with van der Waals surface area (Å²) in [4.78, 5) is 8.72. The van der Waals surface area contributed by atoms with Gasteiger partial charge in [0.1, 0.15) is 11.6 Å². The first-order valence-electron chi connectivity index (χ1n) is 6.44. The molecule has 0 aliphatic carbocycles. The Balaban J connectivity index is 1.99. The van der Waals surface area contributed by atoms with E-state index < -0.39 is 0 Å². The van der Waals surface area contributed by atoms with Crippen molar-refractivity contribution in [2.75, 3.05) is 18.4 Å². The molecule has 1 aliphatic rings. The molecular weight excluding hydrogens is 212 g/mol. The van der Waals surface area contributed by atoms with Crippen molar-refractivity contribution in [1.29, 1.82) is 0 Å². The zero-order valence-corrected chi connectivity index (χ0v) is 11.0. The summed E-state index contributed by atoms with van der Waals surface area (Å²) in [5.74, 6) is 2.48. The average molecular weight is 234 g/mol.